The fourth-order valence-corrected chi connectivity index (χ4v) is 7.62. The van der Waals surface area contributed by atoms with Crippen molar-refractivity contribution >= 4 is 23.8 Å². The molecule has 1 saturated heterocycles. The molecular weight excluding hydrogens is 558 g/mol. The lowest BCUT2D eigenvalue weighted by Crippen LogP contribution is -2.66. The molecule has 7 rings (SSSR count). The molecule has 0 bridgehead atoms. The summed E-state index contributed by atoms with van der Waals surface area (Å²) in [5.41, 5.74) is 5.99. The molecule has 1 aromatic heterocycles. The number of hydrogen-bond donors (Lipinski definition) is 0. The summed E-state index contributed by atoms with van der Waals surface area (Å²) in [4.78, 5) is 41.6. The average molecular weight is 590 g/mol. The Morgan fingerprint density at radius 1 is 1.05 bits per heavy atom. The minimum Gasteiger partial charge on any atom is -0.451 e. The van der Waals surface area contributed by atoms with Crippen LogP contribution in [0.3, 0.4) is 0 Å². The summed E-state index contributed by atoms with van der Waals surface area (Å²) in [6.45, 7) is 0.485. The van der Waals surface area contributed by atoms with Gasteiger partial charge in [-0.2, -0.15) is 0 Å². The molecule has 2 atom stereocenters. The van der Waals surface area contributed by atoms with Gasteiger partial charge in [0.15, 0.2) is 5.69 Å². The number of nitrogens with zero attached hydrogens (tertiary/aromatic N) is 3. The maximum absolute atomic E-state index is 14.0. The third-order valence-electron chi connectivity index (χ3n) is 8.46. The average Bonchev–Trinajstić information content (AvgIpc) is 3.17. The van der Waals surface area contributed by atoms with Crippen molar-refractivity contribution in [2.75, 3.05) is 38.7 Å². The summed E-state index contributed by atoms with van der Waals surface area (Å²) in [5, 5.41) is 2.15. The highest BCUT2D eigenvalue weighted by atomic mass is 32.2. The summed E-state index contributed by atoms with van der Waals surface area (Å²) >= 11 is 1.82. The lowest BCUT2D eigenvalue weighted by molar-refractivity contribution is -0.0209. The molecule has 4 heterocycles. The Morgan fingerprint density at radius 3 is 2.69 bits per heavy atom. The molecule has 0 radical (unpaired) electrons. The molecule has 0 saturated carbocycles. The molecule has 3 aromatic rings. The number of morpholine rings is 1. The third-order valence-corrected chi connectivity index (χ3v) is 9.60. The second-order valence-electron chi connectivity index (χ2n) is 10.8. The number of rotatable bonds is 4. The van der Waals surface area contributed by atoms with Gasteiger partial charge in [-0.3, -0.25) is 19.3 Å². The van der Waals surface area contributed by atoms with E-state index < -0.39 is 24.5 Å². The second-order valence-corrected chi connectivity index (χ2v) is 11.8. The molecule has 1 amide bonds. The van der Waals surface area contributed by atoms with E-state index in [1.807, 2.05) is 17.8 Å². The van der Waals surface area contributed by atoms with E-state index in [0.717, 1.165) is 24.2 Å². The van der Waals surface area contributed by atoms with Crippen molar-refractivity contribution in [2.24, 2.45) is 0 Å². The quantitative estimate of drug-likeness (QED) is 0.330. The topological polar surface area (TPSA) is 99.5 Å². The highest BCUT2D eigenvalue weighted by Crippen LogP contribution is 2.45. The fourth-order valence-electron chi connectivity index (χ4n) is 6.54. The van der Waals surface area contributed by atoms with Crippen LogP contribution in [0.2, 0.25) is 0 Å². The molecule has 1 aliphatic carbocycles. The number of benzene rings is 2. The van der Waals surface area contributed by atoms with Crippen molar-refractivity contribution in [3.63, 3.8) is 0 Å². The molecular formula is C31H31N3O7S. The third kappa shape index (κ3) is 4.51. The normalized spacial score (nSPS) is 20.7. The summed E-state index contributed by atoms with van der Waals surface area (Å²) in [6, 6.07) is 14.2. The summed E-state index contributed by atoms with van der Waals surface area (Å²) < 4.78 is 22.8. The van der Waals surface area contributed by atoms with E-state index >= 15 is 0 Å². The van der Waals surface area contributed by atoms with Gasteiger partial charge in [0.2, 0.25) is 18.0 Å². The van der Waals surface area contributed by atoms with Crippen LogP contribution in [0.1, 0.15) is 57.2 Å². The van der Waals surface area contributed by atoms with Crippen LogP contribution in [0, 0.1) is 0 Å². The van der Waals surface area contributed by atoms with E-state index in [-0.39, 0.29) is 23.4 Å². The van der Waals surface area contributed by atoms with Crippen LogP contribution in [0.15, 0.2) is 58.4 Å². The number of fused-ring (bicyclic) bond motifs is 5. The first kappa shape index (κ1) is 26.9. The van der Waals surface area contributed by atoms with Crippen LogP contribution in [-0.2, 0) is 32.8 Å². The lowest BCUT2D eigenvalue weighted by atomic mass is 9.85. The Balaban J connectivity index is 1.44. The van der Waals surface area contributed by atoms with Gasteiger partial charge in [0.25, 0.3) is 5.91 Å². The summed E-state index contributed by atoms with van der Waals surface area (Å²) in [6.07, 6.45) is 4.76. The molecule has 0 N–H and O–H groups in total. The van der Waals surface area contributed by atoms with Gasteiger partial charge < -0.3 is 23.8 Å². The van der Waals surface area contributed by atoms with Crippen LogP contribution in [-0.4, -0.2) is 61.5 Å². The number of carbonyl (C=O) groups excluding carboxylic acids is 2. The largest absolute Gasteiger partial charge is 0.510 e. The van der Waals surface area contributed by atoms with E-state index in [1.54, 1.807) is 15.8 Å². The van der Waals surface area contributed by atoms with Crippen LogP contribution in [0.25, 0.3) is 0 Å². The molecule has 11 heteroatoms. The Kier molecular flexibility index (Phi) is 7.07. The number of thioether (sulfide) groups is 1. The number of amides is 1. The van der Waals surface area contributed by atoms with E-state index in [9.17, 15) is 14.4 Å². The van der Waals surface area contributed by atoms with Gasteiger partial charge in [-0.05, 0) is 59.6 Å². The van der Waals surface area contributed by atoms with Crippen LogP contribution < -0.4 is 15.2 Å². The van der Waals surface area contributed by atoms with Crippen molar-refractivity contribution in [2.45, 2.75) is 48.5 Å². The number of methoxy groups -OCH3 is 1. The standard InChI is InChI=1S/C31H31N3O7S/c1-38-31(37)41-18-40-29-24(35)10-11-33-28(29)30(36)32-12-13-39-16-26(32)34(33)27-22-8-4-5-9-25(22)42-17-21-14-19-6-2-3-7-20(19)15-23(21)27/h4-5,8-11,14-15,26-27H,2-3,6-7,12-13,16-18H2,1H3/t26-,27?/m1/s1. The van der Waals surface area contributed by atoms with Gasteiger partial charge in [-0.25, -0.2) is 4.79 Å². The molecule has 218 valence electrons. The predicted molar refractivity (Wildman–Crippen MR) is 154 cm³/mol. The Labute approximate surface area is 247 Å². The molecule has 0 spiro atoms. The van der Waals surface area contributed by atoms with Crippen LogP contribution in [0.5, 0.6) is 5.75 Å². The SMILES string of the molecule is COC(=O)OCOc1c2n(ccc1=O)N(C1c3cc4c(cc3CSc3ccccc31)CCCC4)[C@@H]1COCCN1C2=O. The van der Waals surface area contributed by atoms with Crippen molar-refractivity contribution < 1.29 is 28.5 Å². The van der Waals surface area contributed by atoms with Crippen molar-refractivity contribution in [3.8, 4) is 5.75 Å². The minimum absolute atomic E-state index is 0.0861. The zero-order valence-corrected chi connectivity index (χ0v) is 24.1. The molecule has 1 unspecified atom stereocenters. The minimum atomic E-state index is -0.950. The second kappa shape index (κ2) is 11.0. The Morgan fingerprint density at radius 2 is 1.86 bits per heavy atom. The van der Waals surface area contributed by atoms with E-state index in [2.05, 4.69) is 40.1 Å². The first-order valence-electron chi connectivity index (χ1n) is 14.2. The molecule has 2 aromatic carbocycles. The number of aromatic nitrogens is 1. The maximum atomic E-state index is 14.0. The van der Waals surface area contributed by atoms with Crippen LogP contribution in [0.4, 0.5) is 4.79 Å². The number of ether oxygens (including phenoxy) is 4. The first-order chi connectivity index (χ1) is 20.5. The summed E-state index contributed by atoms with van der Waals surface area (Å²) in [5.74, 6) is 0.319. The number of hydrogen-bond acceptors (Lipinski definition) is 9. The highest BCUT2D eigenvalue weighted by molar-refractivity contribution is 7.98. The lowest BCUT2D eigenvalue weighted by Gasteiger charge is -2.51. The highest BCUT2D eigenvalue weighted by Gasteiger charge is 2.46. The van der Waals surface area contributed by atoms with Gasteiger partial charge in [-0.15, -0.1) is 11.8 Å². The Bertz CT molecular complexity index is 1620. The van der Waals surface area contributed by atoms with Crippen LogP contribution >= 0.6 is 11.8 Å². The maximum Gasteiger partial charge on any atom is 0.510 e. The van der Waals surface area contributed by atoms with Gasteiger partial charge in [-0.1, -0.05) is 30.3 Å². The Hall–Kier alpha value is -3.96. The van der Waals surface area contributed by atoms with Gasteiger partial charge >= 0.3 is 6.16 Å². The van der Waals surface area contributed by atoms with E-state index in [4.69, 9.17) is 14.2 Å². The van der Waals surface area contributed by atoms with Gasteiger partial charge in [0, 0.05) is 29.5 Å². The monoisotopic (exact) mass is 589 g/mol. The number of aryl methyl sites for hydroxylation is 2. The predicted octanol–water partition coefficient (Wildman–Crippen LogP) is 3.99. The summed E-state index contributed by atoms with van der Waals surface area (Å²) in [7, 11) is 1.18. The smallest absolute Gasteiger partial charge is 0.451 e. The van der Waals surface area contributed by atoms with Crippen molar-refractivity contribution in [1.29, 1.82) is 0 Å². The molecule has 3 aliphatic heterocycles. The molecule has 10 nitrogen and oxygen atoms in total. The number of carbonyl (C=O) groups is 2. The first-order valence-corrected chi connectivity index (χ1v) is 15.2. The molecule has 1 fully saturated rings. The van der Waals surface area contributed by atoms with E-state index in [1.165, 1.54) is 53.2 Å². The fraction of sp³-hybridized carbons (Fsp3) is 0.387. The van der Waals surface area contributed by atoms with Crippen molar-refractivity contribution in [3.05, 3.63) is 92.4 Å². The van der Waals surface area contributed by atoms with Crippen molar-refractivity contribution in [1.82, 2.24) is 9.58 Å². The zero-order valence-electron chi connectivity index (χ0n) is 23.2. The van der Waals surface area contributed by atoms with E-state index in [0.29, 0.717) is 19.8 Å². The molecule has 42 heavy (non-hydrogen) atoms. The van der Waals surface area contributed by atoms with Gasteiger partial charge in [0.05, 0.1) is 26.4 Å². The van der Waals surface area contributed by atoms with Gasteiger partial charge in [0.1, 0.15) is 6.17 Å². The molecule has 4 aliphatic rings. The number of pyridine rings is 1. The zero-order chi connectivity index (χ0) is 28.8.